The van der Waals surface area contributed by atoms with Gasteiger partial charge in [0.1, 0.15) is 0 Å². The normalized spacial score (nSPS) is 16.6. The molecular formula is C15H22N2O3S. The maximum Gasteiger partial charge on any atom is 0.315 e. The molecule has 0 spiro atoms. The van der Waals surface area contributed by atoms with E-state index in [0.29, 0.717) is 6.54 Å². The largest absolute Gasteiger partial charge is 0.481 e. The Morgan fingerprint density at radius 3 is 2.52 bits per heavy atom. The van der Waals surface area contributed by atoms with Gasteiger partial charge in [-0.05, 0) is 31.4 Å². The van der Waals surface area contributed by atoms with Crippen LogP contribution in [0.2, 0.25) is 0 Å². The zero-order chi connectivity index (χ0) is 15.3. The summed E-state index contributed by atoms with van der Waals surface area (Å²) in [7, 11) is 0. The number of hydrogen-bond donors (Lipinski definition) is 3. The molecule has 0 aliphatic heterocycles. The van der Waals surface area contributed by atoms with Crippen molar-refractivity contribution in [2.45, 2.75) is 57.5 Å². The highest BCUT2D eigenvalue weighted by Crippen LogP contribution is 2.32. The monoisotopic (exact) mass is 310 g/mol. The number of carboxylic acids is 1. The van der Waals surface area contributed by atoms with Gasteiger partial charge in [-0.2, -0.15) is 0 Å². The Morgan fingerprint density at radius 1 is 1.29 bits per heavy atom. The summed E-state index contributed by atoms with van der Waals surface area (Å²) in [6.45, 7) is 2.59. The Kier molecular flexibility index (Phi) is 5.22. The summed E-state index contributed by atoms with van der Waals surface area (Å²) in [6, 6.07) is 3.82. The number of nitrogens with one attached hydrogen (secondary N) is 2. The Morgan fingerprint density at radius 2 is 1.95 bits per heavy atom. The van der Waals surface area contributed by atoms with Gasteiger partial charge in [-0.25, -0.2) is 4.79 Å². The van der Waals surface area contributed by atoms with Crippen LogP contribution < -0.4 is 10.6 Å². The van der Waals surface area contributed by atoms with E-state index in [-0.39, 0.29) is 12.5 Å². The van der Waals surface area contributed by atoms with Crippen molar-refractivity contribution in [1.29, 1.82) is 0 Å². The standard InChI is InChI=1S/C15H22N2O3S/c1-2-11-5-6-12(21-11)10-16-14(20)17-15(9-13(18)19)7-3-4-8-15/h5-6H,2-4,7-10H2,1H3,(H,18,19)(H2,16,17,20). The summed E-state index contributed by atoms with van der Waals surface area (Å²) in [5.74, 6) is -0.858. The number of aliphatic carboxylic acids is 1. The van der Waals surface area contributed by atoms with Gasteiger partial charge in [0, 0.05) is 9.75 Å². The van der Waals surface area contributed by atoms with E-state index in [2.05, 4.69) is 23.6 Å². The first-order valence-corrected chi connectivity index (χ1v) is 8.20. The van der Waals surface area contributed by atoms with E-state index in [1.165, 1.54) is 4.88 Å². The fraction of sp³-hybridized carbons (Fsp3) is 0.600. The molecule has 1 fully saturated rings. The van der Waals surface area contributed by atoms with E-state index in [1.54, 1.807) is 11.3 Å². The van der Waals surface area contributed by atoms with Crippen molar-refractivity contribution in [3.05, 3.63) is 21.9 Å². The lowest BCUT2D eigenvalue weighted by Crippen LogP contribution is -2.51. The molecule has 0 saturated heterocycles. The van der Waals surface area contributed by atoms with E-state index in [0.717, 1.165) is 37.0 Å². The van der Waals surface area contributed by atoms with Crippen LogP contribution in [0.3, 0.4) is 0 Å². The van der Waals surface area contributed by atoms with Gasteiger partial charge in [-0.3, -0.25) is 4.79 Å². The van der Waals surface area contributed by atoms with Gasteiger partial charge in [0.25, 0.3) is 0 Å². The molecule has 0 atom stereocenters. The molecular weight excluding hydrogens is 288 g/mol. The van der Waals surface area contributed by atoms with Crippen LogP contribution in [-0.4, -0.2) is 22.6 Å². The number of amides is 2. The van der Waals surface area contributed by atoms with Crippen LogP contribution >= 0.6 is 11.3 Å². The second kappa shape index (κ2) is 6.93. The molecule has 2 amide bonds. The topological polar surface area (TPSA) is 78.4 Å². The molecule has 5 nitrogen and oxygen atoms in total. The van der Waals surface area contributed by atoms with Crippen LogP contribution in [0.5, 0.6) is 0 Å². The maximum absolute atomic E-state index is 12.0. The first-order chi connectivity index (χ1) is 10.0. The minimum Gasteiger partial charge on any atom is -0.481 e. The number of carbonyl (C=O) groups excluding carboxylic acids is 1. The van der Waals surface area contributed by atoms with Crippen LogP contribution in [0.25, 0.3) is 0 Å². The number of carboxylic acid groups (broad SMARTS) is 1. The van der Waals surface area contributed by atoms with Crippen molar-refractivity contribution >= 4 is 23.3 Å². The molecule has 1 aliphatic carbocycles. The van der Waals surface area contributed by atoms with Gasteiger partial charge in [0.05, 0.1) is 18.5 Å². The van der Waals surface area contributed by atoms with Crippen LogP contribution in [0.15, 0.2) is 12.1 Å². The van der Waals surface area contributed by atoms with Crippen LogP contribution in [0.4, 0.5) is 4.79 Å². The average molecular weight is 310 g/mol. The Hall–Kier alpha value is -1.56. The first kappa shape index (κ1) is 15.8. The highest BCUT2D eigenvalue weighted by atomic mass is 32.1. The molecule has 1 heterocycles. The molecule has 0 bridgehead atoms. The number of hydrogen-bond acceptors (Lipinski definition) is 3. The molecule has 1 aromatic rings. The molecule has 116 valence electrons. The van der Waals surface area contributed by atoms with Gasteiger partial charge in [0.2, 0.25) is 0 Å². The van der Waals surface area contributed by atoms with Crippen molar-refractivity contribution in [1.82, 2.24) is 10.6 Å². The van der Waals surface area contributed by atoms with Gasteiger partial charge in [-0.15, -0.1) is 11.3 Å². The third-order valence-electron chi connectivity index (χ3n) is 3.92. The Labute approximate surface area is 128 Å². The molecule has 1 aromatic heterocycles. The van der Waals surface area contributed by atoms with Crippen molar-refractivity contribution in [3.8, 4) is 0 Å². The molecule has 0 radical (unpaired) electrons. The lowest BCUT2D eigenvalue weighted by atomic mass is 9.93. The van der Waals surface area contributed by atoms with Crippen LogP contribution in [0.1, 0.15) is 48.8 Å². The molecule has 1 aliphatic rings. The van der Waals surface area contributed by atoms with E-state index < -0.39 is 11.5 Å². The zero-order valence-corrected chi connectivity index (χ0v) is 13.1. The van der Waals surface area contributed by atoms with Crippen molar-refractivity contribution < 1.29 is 14.7 Å². The average Bonchev–Trinajstić information content (AvgIpc) is 3.05. The molecule has 0 unspecified atom stereocenters. The number of urea groups is 1. The Bertz CT molecular complexity index is 507. The third kappa shape index (κ3) is 4.46. The van der Waals surface area contributed by atoms with Gasteiger partial charge in [-0.1, -0.05) is 19.8 Å². The fourth-order valence-electron chi connectivity index (χ4n) is 2.85. The zero-order valence-electron chi connectivity index (χ0n) is 12.3. The number of aryl methyl sites for hydroxylation is 1. The van der Waals surface area contributed by atoms with Gasteiger partial charge < -0.3 is 15.7 Å². The maximum atomic E-state index is 12.0. The van der Waals surface area contributed by atoms with E-state index >= 15 is 0 Å². The second-order valence-corrected chi connectivity index (χ2v) is 6.84. The Balaban J connectivity index is 1.86. The lowest BCUT2D eigenvalue weighted by molar-refractivity contribution is -0.138. The van der Waals surface area contributed by atoms with Gasteiger partial charge >= 0.3 is 12.0 Å². The van der Waals surface area contributed by atoms with Crippen molar-refractivity contribution in [2.75, 3.05) is 0 Å². The van der Waals surface area contributed by atoms with Crippen molar-refractivity contribution in [2.24, 2.45) is 0 Å². The quantitative estimate of drug-likeness (QED) is 0.756. The summed E-state index contributed by atoms with van der Waals surface area (Å²) in [5, 5.41) is 14.7. The van der Waals surface area contributed by atoms with E-state index in [1.807, 2.05) is 6.07 Å². The SMILES string of the molecule is CCc1ccc(CNC(=O)NC2(CC(=O)O)CCCC2)s1. The van der Waals surface area contributed by atoms with Gasteiger partial charge in [0.15, 0.2) is 0 Å². The van der Waals surface area contributed by atoms with Crippen LogP contribution in [0, 0.1) is 0 Å². The molecule has 3 N–H and O–H groups in total. The second-order valence-electron chi connectivity index (χ2n) is 5.59. The van der Waals surface area contributed by atoms with Crippen molar-refractivity contribution in [3.63, 3.8) is 0 Å². The minimum atomic E-state index is -0.858. The molecule has 2 rings (SSSR count). The number of rotatable bonds is 6. The molecule has 1 saturated carbocycles. The summed E-state index contributed by atoms with van der Waals surface area (Å²) in [5.41, 5.74) is -0.569. The van der Waals surface area contributed by atoms with E-state index in [4.69, 9.17) is 5.11 Å². The predicted octanol–water partition coefficient (Wildman–Crippen LogP) is 2.90. The van der Waals surface area contributed by atoms with E-state index in [9.17, 15) is 9.59 Å². The summed E-state index contributed by atoms with van der Waals surface area (Å²) in [4.78, 5) is 25.4. The highest BCUT2D eigenvalue weighted by molar-refractivity contribution is 7.11. The summed E-state index contributed by atoms with van der Waals surface area (Å²) < 4.78 is 0. The lowest BCUT2D eigenvalue weighted by Gasteiger charge is -2.28. The highest BCUT2D eigenvalue weighted by Gasteiger charge is 2.37. The summed E-state index contributed by atoms with van der Waals surface area (Å²) in [6.07, 6.45) is 4.42. The molecule has 6 heteroatoms. The third-order valence-corrected chi connectivity index (χ3v) is 5.15. The molecule has 0 aromatic carbocycles. The smallest absolute Gasteiger partial charge is 0.315 e. The minimum absolute atomic E-state index is 0.000590. The molecule has 21 heavy (non-hydrogen) atoms. The van der Waals surface area contributed by atoms with Crippen LogP contribution in [-0.2, 0) is 17.8 Å². The fourth-order valence-corrected chi connectivity index (χ4v) is 3.74. The number of carbonyl (C=O) groups is 2. The summed E-state index contributed by atoms with van der Waals surface area (Å²) >= 11 is 1.69. The number of thiophene rings is 1. The first-order valence-electron chi connectivity index (χ1n) is 7.38. The predicted molar refractivity (Wildman–Crippen MR) is 82.5 cm³/mol.